The van der Waals surface area contributed by atoms with Gasteiger partial charge in [0, 0.05) is 0 Å². The van der Waals surface area contributed by atoms with Crippen molar-refractivity contribution in [2.75, 3.05) is 0 Å². The Bertz CT molecular complexity index is 3260. The Morgan fingerprint density at radius 3 is 1.38 bits per heavy atom. The molecule has 260 valence electrons. The van der Waals surface area contributed by atoms with E-state index in [-0.39, 0.29) is 0 Å². The highest BCUT2D eigenvalue weighted by molar-refractivity contribution is 6.22. The highest BCUT2D eigenvalue weighted by atomic mass is 14.2. The van der Waals surface area contributed by atoms with E-state index >= 15 is 0 Å². The molecule has 0 saturated carbocycles. The lowest BCUT2D eigenvalue weighted by Crippen LogP contribution is -1.92. The van der Waals surface area contributed by atoms with Crippen LogP contribution in [0.15, 0.2) is 218 Å². The maximum Gasteiger partial charge on any atom is -0.00259 e. The maximum absolute atomic E-state index is 2.43. The van der Waals surface area contributed by atoms with E-state index in [9.17, 15) is 0 Å². The molecule has 0 aliphatic carbocycles. The van der Waals surface area contributed by atoms with Crippen molar-refractivity contribution in [2.45, 2.75) is 0 Å². The molecule has 0 N–H and O–H groups in total. The van der Waals surface area contributed by atoms with Crippen LogP contribution in [-0.4, -0.2) is 0 Å². The zero-order valence-corrected chi connectivity index (χ0v) is 30.8. The molecule has 0 aromatic heterocycles. The van der Waals surface area contributed by atoms with Crippen molar-refractivity contribution in [1.82, 2.24) is 0 Å². The molecule has 56 heavy (non-hydrogen) atoms. The normalized spacial score (nSPS) is 11.6. The van der Waals surface area contributed by atoms with Gasteiger partial charge in [-0.3, -0.25) is 0 Å². The Morgan fingerprint density at radius 1 is 0.179 bits per heavy atom. The van der Waals surface area contributed by atoms with Crippen molar-refractivity contribution in [2.24, 2.45) is 0 Å². The van der Waals surface area contributed by atoms with Gasteiger partial charge < -0.3 is 0 Å². The standard InChI is InChI=1S/C56H36/c1-2-12-37(13-3-1)39-24-29-42(30-25-39)55-50-20-10-11-21-51(50)56(46-31-26-38-14-4-5-15-43(38)34-46)54-35-44(32-33-52(54)55)40-22-27-41(28-23-40)53-36-45-16-6-7-17-47(45)48-18-8-9-19-49(48)53/h1-36H. The molecule has 0 saturated heterocycles. The smallest absolute Gasteiger partial charge is 0.00259 e. The van der Waals surface area contributed by atoms with Gasteiger partial charge >= 0.3 is 0 Å². The third kappa shape index (κ3) is 5.38. The fraction of sp³-hybridized carbons (Fsp3) is 0. The van der Waals surface area contributed by atoms with Crippen molar-refractivity contribution < 1.29 is 0 Å². The van der Waals surface area contributed by atoms with Crippen LogP contribution >= 0.6 is 0 Å². The SMILES string of the molecule is c1ccc(-c2ccc(-c3c4ccccc4c(-c4ccc5ccccc5c4)c4cc(-c5ccc(-c6cc7ccccc7c7ccccc67)cc5)ccc34)cc2)cc1. The van der Waals surface area contributed by atoms with Gasteiger partial charge in [-0.1, -0.05) is 200 Å². The molecule has 11 aromatic carbocycles. The quantitative estimate of drug-likeness (QED) is 0.123. The molecule has 0 heterocycles. The van der Waals surface area contributed by atoms with Crippen LogP contribution in [0.4, 0.5) is 0 Å². The Kier molecular flexibility index (Phi) is 7.60. The van der Waals surface area contributed by atoms with Gasteiger partial charge in [0.05, 0.1) is 0 Å². The summed E-state index contributed by atoms with van der Waals surface area (Å²) in [5.74, 6) is 0. The minimum Gasteiger partial charge on any atom is -0.0622 e. The predicted molar refractivity (Wildman–Crippen MR) is 241 cm³/mol. The molecule has 0 aliphatic rings. The van der Waals surface area contributed by atoms with Gasteiger partial charge in [0.15, 0.2) is 0 Å². The van der Waals surface area contributed by atoms with E-state index in [4.69, 9.17) is 0 Å². The molecule has 0 heteroatoms. The van der Waals surface area contributed by atoms with E-state index in [1.54, 1.807) is 0 Å². The van der Waals surface area contributed by atoms with E-state index in [2.05, 4.69) is 218 Å². The largest absolute Gasteiger partial charge is 0.0622 e. The summed E-state index contributed by atoms with van der Waals surface area (Å²) in [5.41, 5.74) is 12.3. The fourth-order valence-electron chi connectivity index (χ4n) is 8.92. The average molecular weight is 709 g/mol. The van der Waals surface area contributed by atoms with Gasteiger partial charge in [-0.25, -0.2) is 0 Å². The summed E-state index contributed by atoms with van der Waals surface area (Å²) >= 11 is 0. The van der Waals surface area contributed by atoms with Crippen LogP contribution in [0.2, 0.25) is 0 Å². The molecule has 0 spiro atoms. The third-order valence-electron chi connectivity index (χ3n) is 11.6. The summed E-state index contributed by atoms with van der Waals surface area (Å²) in [7, 11) is 0. The molecule has 0 aliphatic heterocycles. The Labute approximate surface area is 326 Å². The second-order valence-corrected chi connectivity index (χ2v) is 14.8. The summed E-state index contributed by atoms with van der Waals surface area (Å²) in [5, 5.41) is 12.6. The van der Waals surface area contributed by atoms with Gasteiger partial charge in [0.2, 0.25) is 0 Å². The molecule has 0 radical (unpaired) electrons. The van der Waals surface area contributed by atoms with Crippen molar-refractivity contribution in [3.05, 3.63) is 218 Å². The van der Waals surface area contributed by atoms with E-state index in [1.807, 2.05) is 0 Å². The molecule has 0 unspecified atom stereocenters. The lowest BCUT2D eigenvalue weighted by molar-refractivity contribution is 1.60. The van der Waals surface area contributed by atoms with E-state index in [0.717, 1.165) is 0 Å². The molecule has 0 bridgehead atoms. The van der Waals surface area contributed by atoms with Gasteiger partial charge in [-0.05, 0) is 128 Å². The number of hydrogen-bond donors (Lipinski definition) is 0. The minimum atomic E-state index is 1.20. The number of rotatable bonds is 5. The molecule has 11 aromatic rings. The lowest BCUT2D eigenvalue weighted by Gasteiger charge is -2.19. The van der Waals surface area contributed by atoms with Gasteiger partial charge in [0.1, 0.15) is 0 Å². The topological polar surface area (TPSA) is 0 Å². The van der Waals surface area contributed by atoms with Crippen LogP contribution in [0.25, 0.3) is 109 Å². The molecule has 11 rings (SSSR count). The molecule has 0 nitrogen and oxygen atoms in total. The second-order valence-electron chi connectivity index (χ2n) is 14.8. The van der Waals surface area contributed by atoms with Gasteiger partial charge in [-0.15, -0.1) is 0 Å². The predicted octanol–water partition coefficient (Wildman–Crippen LogP) is 15.8. The zero-order valence-electron chi connectivity index (χ0n) is 30.8. The van der Waals surface area contributed by atoms with E-state index < -0.39 is 0 Å². The van der Waals surface area contributed by atoms with E-state index in [0.29, 0.717) is 0 Å². The summed E-state index contributed by atoms with van der Waals surface area (Å²) in [6.45, 7) is 0. The van der Waals surface area contributed by atoms with Crippen molar-refractivity contribution >= 4 is 53.9 Å². The number of fused-ring (bicyclic) bond motifs is 6. The average Bonchev–Trinajstić information content (AvgIpc) is 3.28. The third-order valence-corrected chi connectivity index (χ3v) is 11.6. The first-order valence-electron chi connectivity index (χ1n) is 19.4. The minimum absolute atomic E-state index is 1.20. The molecule has 0 fully saturated rings. The first kappa shape index (κ1) is 32.2. The van der Waals surface area contributed by atoms with Crippen LogP contribution in [0.1, 0.15) is 0 Å². The second kappa shape index (κ2) is 13.2. The summed E-state index contributed by atoms with van der Waals surface area (Å²) < 4.78 is 0. The summed E-state index contributed by atoms with van der Waals surface area (Å²) in [6.07, 6.45) is 0. The fourth-order valence-corrected chi connectivity index (χ4v) is 8.92. The Morgan fingerprint density at radius 2 is 0.643 bits per heavy atom. The summed E-state index contributed by atoms with van der Waals surface area (Å²) in [4.78, 5) is 0. The van der Waals surface area contributed by atoms with Crippen LogP contribution < -0.4 is 0 Å². The van der Waals surface area contributed by atoms with Crippen molar-refractivity contribution in [3.8, 4) is 55.6 Å². The first-order valence-corrected chi connectivity index (χ1v) is 19.4. The Balaban J connectivity index is 1.11. The highest BCUT2D eigenvalue weighted by Gasteiger charge is 2.18. The van der Waals surface area contributed by atoms with E-state index in [1.165, 1.54) is 109 Å². The van der Waals surface area contributed by atoms with Crippen molar-refractivity contribution in [3.63, 3.8) is 0 Å². The molecule has 0 atom stereocenters. The molecular weight excluding hydrogens is 673 g/mol. The summed E-state index contributed by atoms with van der Waals surface area (Å²) in [6, 6.07) is 80.4. The lowest BCUT2D eigenvalue weighted by atomic mass is 9.84. The van der Waals surface area contributed by atoms with Crippen LogP contribution in [0, 0.1) is 0 Å². The maximum atomic E-state index is 2.43. The van der Waals surface area contributed by atoms with Gasteiger partial charge in [0.25, 0.3) is 0 Å². The Hall–Kier alpha value is -7.28. The van der Waals surface area contributed by atoms with Crippen LogP contribution in [0.3, 0.4) is 0 Å². The number of hydrogen-bond acceptors (Lipinski definition) is 0. The van der Waals surface area contributed by atoms with Gasteiger partial charge in [-0.2, -0.15) is 0 Å². The highest BCUT2D eigenvalue weighted by Crippen LogP contribution is 2.46. The van der Waals surface area contributed by atoms with Crippen LogP contribution in [-0.2, 0) is 0 Å². The first-order chi connectivity index (χ1) is 27.8. The molecular formula is C56H36. The van der Waals surface area contributed by atoms with Crippen LogP contribution in [0.5, 0.6) is 0 Å². The molecule has 0 amide bonds. The monoisotopic (exact) mass is 708 g/mol. The van der Waals surface area contributed by atoms with Crippen molar-refractivity contribution in [1.29, 1.82) is 0 Å². The zero-order chi connectivity index (χ0) is 37.0. The number of benzene rings is 11.